The molecule has 1 amide bonds. The average molecular weight is 420 g/mol. The molecule has 0 radical (unpaired) electrons. The van der Waals surface area contributed by atoms with Crippen LogP contribution in [-0.4, -0.2) is 29.3 Å². The Bertz CT molecular complexity index is 1070. The first-order chi connectivity index (χ1) is 12.4. The molecule has 0 aliphatic heterocycles. The van der Waals surface area contributed by atoms with Crippen LogP contribution in [0.15, 0.2) is 39.6 Å². The number of nitrogens with zero attached hydrogens (tertiary/aromatic N) is 2. The van der Waals surface area contributed by atoms with Crippen LogP contribution in [0.5, 0.6) is 11.5 Å². The summed E-state index contributed by atoms with van der Waals surface area (Å²) in [6.45, 7) is 0. The largest absolute Gasteiger partial charge is 0.496 e. The molecule has 2 aromatic carbocycles. The number of hydrogen-bond donors (Lipinski definition) is 1. The Kier molecular flexibility index (Phi) is 4.78. The molecule has 1 N–H and O–H groups in total. The number of carbonyl (C=O) groups is 1. The van der Waals surface area contributed by atoms with E-state index < -0.39 is 0 Å². The first-order valence-electron chi connectivity index (χ1n) is 7.75. The Hall–Kier alpha value is -2.74. The van der Waals surface area contributed by atoms with Crippen molar-refractivity contribution in [2.75, 3.05) is 19.5 Å². The quantitative estimate of drug-likeness (QED) is 0.705. The smallest absolute Gasteiger partial charge is 0.328 e. The molecule has 0 fully saturated rings. The second-order valence-corrected chi connectivity index (χ2v) is 6.60. The fourth-order valence-corrected chi connectivity index (χ4v) is 3.34. The first kappa shape index (κ1) is 18.1. The topological polar surface area (TPSA) is 74.5 Å². The SMILES string of the molecule is COc1ccc(C(=O)Nc2cc3c(cc2OC)n(C)c(=O)n3C)cc1Br. The van der Waals surface area contributed by atoms with Crippen molar-refractivity contribution in [3.8, 4) is 11.5 Å². The van der Waals surface area contributed by atoms with Crippen molar-refractivity contribution in [2.45, 2.75) is 0 Å². The van der Waals surface area contributed by atoms with Gasteiger partial charge in [-0.1, -0.05) is 0 Å². The number of imidazole rings is 1. The van der Waals surface area contributed by atoms with E-state index in [0.29, 0.717) is 32.7 Å². The number of amides is 1. The maximum Gasteiger partial charge on any atom is 0.328 e. The Morgan fingerprint density at radius 3 is 2.19 bits per heavy atom. The number of nitrogens with one attached hydrogen (secondary N) is 1. The van der Waals surface area contributed by atoms with E-state index >= 15 is 0 Å². The minimum absolute atomic E-state index is 0.149. The summed E-state index contributed by atoms with van der Waals surface area (Å²) < 4.78 is 14.3. The van der Waals surface area contributed by atoms with Gasteiger partial charge in [-0.25, -0.2) is 4.79 Å². The van der Waals surface area contributed by atoms with Gasteiger partial charge in [0.1, 0.15) is 11.5 Å². The van der Waals surface area contributed by atoms with Crippen LogP contribution in [0.1, 0.15) is 10.4 Å². The van der Waals surface area contributed by atoms with Crippen molar-refractivity contribution < 1.29 is 14.3 Å². The van der Waals surface area contributed by atoms with Gasteiger partial charge in [0.2, 0.25) is 0 Å². The molecule has 0 spiro atoms. The normalized spacial score (nSPS) is 10.8. The Labute approximate surface area is 158 Å². The molecule has 0 aliphatic rings. The van der Waals surface area contributed by atoms with Crippen LogP contribution < -0.4 is 20.5 Å². The summed E-state index contributed by atoms with van der Waals surface area (Å²) in [4.78, 5) is 24.7. The Balaban J connectivity index is 2.02. The third-order valence-electron chi connectivity index (χ3n) is 4.26. The summed E-state index contributed by atoms with van der Waals surface area (Å²) in [5.74, 6) is 0.811. The standard InChI is InChI=1S/C18H18BrN3O4/c1-21-13-8-12(16(26-4)9-14(13)22(2)18(21)24)20-17(23)10-5-6-15(25-3)11(19)7-10/h5-9H,1-4H3,(H,20,23). The number of carbonyl (C=O) groups excluding carboxylic acids is 1. The number of halogens is 1. The van der Waals surface area contributed by atoms with Gasteiger partial charge in [-0.05, 0) is 40.2 Å². The fourth-order valence-electron chi connectivity index (χ4n) is 2.79. The van der Waals surface area contributed by atoms with Crippen molar-refractivity contribution in [3.05, 3.63) is 50.9 Å². The number of ether oxygens (including phenoxy) is 2. The number of benzene rings is 2. The molecule has 0 atom stereocenters. The lowest BCUT2D eigenvalue weighted by Gasteiger charge is -2.12. The summed E-state index contributed by atoms with van der Waals surface area (Å²) >= 11 is 3.37. The van der Waals surface area contributed by atoms with Crippen LogP contribution in [0, 0.1) is 0 Å². The number of fused-ring (bicyclic) bond motifs is 1. The summed E-state index contributed by atoms with van der Waals surface area (Å²) in [5.41, 5.74) is 2.22. The highest BCUT2D eigenvalue weighted by Gasteiger charge is 2.16. The highest BCUT2D eigenvalue weighted by molar-refractivity contribution is 9.10. The van der Waals surface area contributed by atoms with E-state index in [0.717, 1.165) is 5.52 Å². The Morgan fingerprint density at radius 2 is 1.62 bits per heavy atom. The maximum atomic E-state index is 12.6. The molecule has 0 saturated heterocycles. The van der Waals surface area contributed by atoms with E-state index in [9.17, 15) is 9.59 Å². The molecule has 0 saturated carbocycles. The van der Waals surface area contributed by atoms with Crippen LogP contribution in [0.3, 0.4) is 0 Å². The number of methoxy groups -OCH3 is 2. The molecular formula is C18H18BrN3O4. The van der Waals surface area contributed by atoms with E-state index in [2.05, 4.69) is 21.2 Å². The third-order valence-corrected chi connectivity index (χ3v) is 4.88. The van der Waals surface area contributed by atoms with Crippen molar-refractivity contribution in [1.29, 1.82) is 0 Å². The second kappa shape index (κ2) is 6.87. The van der Waals surface area contributed by atoms with Crippen molar-refractivity contribution in [2.24, 2.45) is 14.1 Å². The number of aromatic nitrogens is 2. The van der Waals surface area contributed by atoms with Crippen molar-refractivity contribution in [3.63, 3.8) is 0 Å². The van der Waals surface area contributed by atoms with Crippen LogP contribution in [-0.2, 0) is 14.1 Å². The van der Waals surface area contributed by atoms with Gasteiger partial charge < -0.3 is 14.8 Å². The minimum atomic E-state index is -0.299. The highest BCUT2D eigenvalue weighted by atomic mass is 79.9. The molecule has 0 aliphatic carbocycles. The zero-order chi connectivity index (χ0) is 19.0. The van der Waals surface area contributed by atoms with Gasteiger partial charge in [0.05, 0.1) is 35.4 Å². The van der Waals surface area contributed by atoms with E-state index in [1.807, 2.05) is 0 Å². The number of hydrogen-bond acceptors (Lipinski definition) is 4. The lowest BCUT2D eigenvalue weighted by molar-refractivity contribution is 0.102. The number of rotatable bonds is 4. The maximum absolute atomic E-state index is 12.6. The van der Waals surface area contributed by atoms with Crippen molar-refractivity contribution in [1.82, 2.24) is 9.13 Å². The number of aryl methyl sites for hydroxylation is 2. The average Bonchev–Trinajstić information content (AvgIpc) is 2.84. The van der Waals surface area contributed by atoms with E-state index in [-0.39, 0.29) is 11.6 Å². The summed E-state index contributed by atoms with van der Waals surface area (Å²) in [5, 5.41) is 2.84. The van der Waals surface area contributed by atoms with Crippen LogP contribution >= 0.6 is 15.9 Å². The van der Waals surface area contributed by atoms with Gasteiger partial charge in [-0.2, -0.15) is 0 Å². The molecule has 0 unspecified atom stereocenters. The summed E-state index contributed by atoms with van der Waals surface area (Å²) in [6.07, 6.45) is 0. The lowest BCUT2D eigenvalue weighted by Crippen LogP contribution is -2.19. The van der Waals surface area contributed by atoms with Crippen LogP contribution in [0.25, 0.3) is 11.0 Å². The molecule has 3 aromatic rings. The number of anilines is 1. The van der Waals surface area contributed by atoms with E-state index in [4.69, 9.17) is 9.47 Å². The summed E-state index contributed by atoms with van der Waals surface area (Å²) in [7, 11) is 6.45. The van der Waals surface area contributed by atoms with Gasteiger partial charge in [0.15, 0.2) is 0 Å². The first-order valence-corrected chi connectivity index (χ1v) is 8.55. The van der Waals surface area contributed by atoms with Gasteiger partial charge in [0.25, 0.3) is 5.91 Å². The highest BCUT2D eigenvalue weighted by Crippen LogP contribution is 2.31. The minimum Gasteiger partial charge on any atom is -0.496 e. The lowest BCUT2D eigenvalue weighted by atomic mass is 10.2. The molecule has 7 nitrogen and oxygen atoms in total. The van der Waals surface area contributed by atoms with Crippen molar-refractivity contribution >= 4 is 38.6 Å². The molecule has 8 heteroatoms. The molecular weight excluding hydrogens is 402 g/mol. The second-order valence-electron chi connectivity index (χ2n) is 5.75. The molecule has 26 heavy (non-hydrogen) atoms. The van der Waals surface area contributed by atoms with E-state index in [1.54, 1.807) is 51.5 Å². The van der Waals surface area contributed by atoms with Crippen LogP contribution in [0.2, 0.25) is 0 Å². The zero-order valence-corrected chi connectivity index (χ0v) is 16.4. The fraction of sp³-hybridized carbons (Fsp3) is 0.222. The monoisotopic (exact) mass is 419 g/mol. The predicted molar refractivity (Wildman–Crippen MR) is 103 cm³/mol. The molecule has 136 valence electrons. The Morgan fingerprint density at radius 1 is 1.00 bits per heavy atom. The molecule has 3 rings (SSSR count). The molecule has 1 heterocycles. The predicted octanol–water partition coefficient (Wildman–Crippen LogP) is 2.91. The van der Waals surface area contributed by atoms with Gasteiger partial charge >= 0.3 is 5.69 Å². The van der Waals surface area contributed by atoms with Gasteiger partial charge in [0, 0.05) is 25.7 Å². The molecule has 0 bridgehead atoms. The molecule has 1 aromatic heterocycles. The van der Waals surface area contributed by atoms with Gasteiger partial charge in [-0.15, -0.1) is 0 Å². The van der Waals surface area contributed by atoms with Gasteiger partial charge in [-0.3, -0.25) is 13.9 Å². The zero-order valence-electron chi connectivity index (χ0n) is 14.8. The summed E-state index contributed by atoms with van der Waals surface area (Å²) in [6, 6.07) is 8.52. The third kappa shape index (κ3) is 2.96. The van der Waals surface area contributed by atoms with E-state index in [1.165, 1.54) is 16.2 Å². The van der Waals surface area contributed by atoms with Crippen LogP contribution in [0.4, 0.5) is 5.69 Å².